The van der Waals surface area contributed by atoms with Crippen LogP contribution in [0.3, 0.4) is 0 Å². The Bertz CT molecular complexity index is 346. The summed E-state index contributed by atoms with van der Waals surface area (Å²) in [4.78, 5) is 11.6. The van der Waals surface area contributed by atoms with E-state index >= 15 is 0 Å². The molecule has 1 rings (SSSR count). The second kappa shape index (κ2) is 4.65. The van der Waals surface area contributed by atoms with E-state index in [1.165, 1.54) is 19.3 Å². The van der Waals surface area contributed by atoms with Crippen molar-refractivity contribution in [2.24, 2.45) is 0 Å². The topological polar surface area (TPSA) is 82.7 Å². The summed E-state index contributed by atoms with van der Waals surface area (Å²) in [5.74, 6) is -0.501. The number of aliphatic hydroxyl groups excluding tert-OH is 2. The summed E-state index contributed by atoms with van der Waals surface area (Å²) >= 11 is 5.60. The average Bonchev–Trinajstić information content (AvgIpc) is 2.64. The number of carbonyl (C=O) groups excluding carboxylic acids is 1. The number of amides is 1. The zero-order valence-corrected chi connectivity index (χ0v) is 8.91. The highest BCUT2D eigenvalue weighted by Gasteiger charge is 2.26. The molecule has 0 radical (unpaired) electrons. The van der Waals surface area contributed by atoms with Gasteiger partial charge in [-0.3, -0.25) is 4.79 Å². The van der Waals surface area contributed by atoms with Gasteiger partial charge in [-0.1, -0.05) is 0 Å². The van der Waals surface area contributed by atoms with Gasteiger partial charge >= 0.3 is 0 Å². The second-order valence-electron chi connectivity index (χ2n) is 3.44. The van der Waals surface area contributed by atoms with Crippen molar-refractivity contribution in [1.82, 2.24) is 5.32 Å². The van der Waals surface area contributed by atoms with E-state index in [1.807, 2.05) is 0 Å². The van der Waals surface area contributed by atoms with Crippen LogP contribution in [0.15, 0.2) is 16.7 Å². The molecule has 0 atom stereocenters. The third kappa shape index (κ3) is 2.71. The molecule has 5 nitrogen and oxygen atoms in total. The van der Waals surface area contributed by atoms with E-state index in [4.69, 9.17) is 26.2 Å². The number of aliphatic hydroxyl groups is 2. The van der Waals surface area contributed by atoms with Gasteiger partial charge in [0.15, 0.2) is 0 Å². The Balaban J connectivity index is 2.76. The van der Waals surface area contributed by atoms with Crippen molar-refractivity contribution in [1.29, 1.82) is 0 Å². The Morgan fingerprint density at radius 3 is 2.60 bits per heavy atom. The molecular formula is C9H12ClNO4. The van der Waals surface area contributed by atoms with Crippen LogP contribution in [-0.4, -0.2) is 34.9 Å². The van der Waals surface area contributed by atoms with Crippen LogP contribution in [0.1, 0.15) is 17.3 Å². The van der Waals surface area contributed by atoms with Crippen molar-refractivity contribution in [3.63, 3.8) is 0 Å². The first-order valence-electron chi connectivity index (χ1n) is 4.29. The van der Waals surface area contributed by atoms with Gasteiger partial charge in [-0.15, -0.1) is 0 Å². The molecule has 0 saturated heterocycles. The third-order valence-corrected chi connectivity index (χ3v) is 2.27. The molecule has 1 aromatic heterocycles. The van der Waals surface area contributed by atoms with E-state index < -0.39 is 11.4 Å². The standard InChI is InChI=1S/C9H12ClNO4/c1-9(4-12,5-13)11-8(14)6-2-3-15-7(6)10/h2-3,12-13H,4-5H2,1H3,(H,11,14). The maximum absolute atomic E-state index is 11.6. The molecule has 0 aliphatic carbocycles. The van der Waals surface area contributed by atoms with Gasteiger partial charge < -0.3 is 19.9 Å². The lowest BCUT2D eigenvalue weighted by Gasteiger charge is -2.25. The first kappa shape index (κ1) is 12.0. The highest BCUT2D eigenvalue weighted by atomic mass is 35.5. The van der Waals surface area contributed by atoms with Crippen LogP contribution in [0.2, 0.25) is 5.22 Å². The Labute approximate surface area is 91.7 Å². The van der Waals surface area contributed by atoms with Crippen LogP contribution in [-0.2, 0) is 0 Å². The van der Waals surface area contributed by atoms with Crippen LogP contribution in [0.5, 0.6) is 0 Å². The Morgan fingerprint density at radius 2 is 2.20 bits per heavy atom. The molecule has 3 N–H and O–H groups in total. The normalized spacial score (nSPS) is 11.5. The lowest BCUT2D eigenvalue weighted by atomic mass is 10.1. The van der Waals surface area contributed by atoms with Gasteiger partial charge in [0.05, 0.1) is 30.6 Å². The number of rotatable bonds is 4. The van der Waals surface area contributed by atoms with Crippen LogP contribution in [0.4, 0.5) is 0 Å². The molecule has 15 heavy (non-hydrogen) atoms. The summed E-state index contributed by atoms with van der Waals surface area (Å²) in [6.45, 7) is 0.772. The number of carbonyl (C=O) groups is 1. The SMILES string of the molecule is CC(CO)(CO)NC(=O)c1ccoc1Cl. The van der Waals surface area contributed by atoms with Gasteiger partial charge in [0, 0.05) is 0 Å². The molecule has 84 valence electrons. The minimum absolute atomic E-state index is 0.0225. The molecule has 0 spiro atoms. The zero-order valence-electron chi connectivity index (χ0n) is 8.16. The fraction of sp³-hybridized carbons (Fsp3) is 0.444. The van der Waals surface area contributed by atoms with Crippen molar-refractivity contribution in [2.45, 2.75) is 12.5 Å². The number of furan rings is 1. The molecule has 1 heterocycles. The minimum atomic E-state index is -1.07. The van der Waals surface area contributed by atoms with Gasteiger partial charge in [-0.2, -0.15) is 0 Å². The summed E-state index contributed by atoms with van der Waals surface area (Å²) in [6.07, 6.45) is 1.28. The van der Waals surface area contributed by atoms with E-state index in [-0.39, 0.29) is 24.0 Å². The maximum atomic E-state index is 11.6. The van der Waals surface area contributed by atoms with Crippen molar-refractivity contribution in [3.05, 3.63) is 23.1 Å². The molecule has 0 aliphatic heterocycles. The smallest absolute Gasteiger partial charge is 0.256 e. The Morgan fingerprint density at radius 1 is 1.60 bits per heavy atom. The highest BCUT2D eigenvalue weighted by Crippen LogP contribution is 2.17. The van der Waals surface area contributed by atoms with E-state index in [0.29, 0.717) is 0 Å². The molecule has 0 aliphatic rings. The summed E-state index contributed by atoms with van der Waals surface area (Å²) in [6, 6.07) is 1.41. The minimum Gasteiger partial charge on any atom is -0.452 e. The van der Waals surface area contributed by atoms with E-state index in [0.717, 1.165) is 0 Å². The molecular weight excluding hydrogens is 222 g/mol. The molecule has 0 aromatic carbocycles. The Kier molecular flexibility index (Phi) is 3.73. The number of hydrogen-bond acceptors (Lipinski definition) is 4. The van der Waals surface area contributed by atoms with E-state index in [2.05, 4.69) is 5.32 Å². The Hall–Kier alpha value is -1.04. The quantitative estimate of drug-likeness (QED) is 0.703. The van der Waals surface area contributed by atoms with Crippen molar-refractivity contribution < 1.29 is 19.4 Å². The van der Waals surface area contributed by atoms with Crippen LogP contribution < -0.4 is 5.32 Å². The molecule has 0 unspecified atom stereocenters. The number of nitrogens with one attached hydrogen (secondary N) is 1. The lowest BCUT2D eigenvalue weighted by molar-refractivity contribution is 0.0723. The first-order chi connectivity index (χ1) is 7.02. The monoisotopic (exact) mass is 233 g/mol. The van der Waals surface area contributed by atoms with Crippen LogP contribution in [0, 0.1) is 0 Å². The lowest BCUT2D eigenvalue weighted by Crippen LogP contribution is -2.51. The predicted octanol–water partition coefficient (Wildman–Crippen LogP) is 0.406. The maximum Gasteiger partial charge on any atom is 0.256 e. The molecule has 1 amide bonds. The molecule has 6 heteroatoms. The van der Waals surface area contributed by atoms with E-state index in [1.54, 1.807) is 0 Å². The molecule has 0 fully saturated rings. The van der Waals surface area contributed by atoms with Gasteiger partial charge in [0.1, 0.15) is 0 Å². The van der Waals surface area contributed by atoms with Crippen LogP contribution in [0.25, 0.3) is 0 Å². The number of hydrogen-bond donors (Lipinski definition) is 3. The largest absolute Gasteiger partial charge is 0.452 e. The molecule has 0 bridgehead atoms. The summed E-state index contributed by atoms with van der Waals surface area (Å²) in [5, 5.41) is 20.4. The summed E-state index contributed by atoms with van der Waals surface area (Å²) in [5.41, 5.74) is -0.901. The number of halogens is 1. The summed E-state index contributed by atoms with van der Waals surface area (Å²) in [7, 11) is 0. The van der Waals surface area contributed by atoms with Crippen LogP contribution >= 0.6 is 11.6 Å². The second-order valence-corrected chi connectivity index (χ2v) is 3.78. The fourth-order valence-corrected chi connectivity index (χ4v) is 1.13. The van der Waals surface area contributed by atoms with Crippen molar-refractivity contribution in [3.8, 4) is 0 Å². The van der Waals surface area contributed by atoms with Crippen molar-refractivity contribution >= 4 is 17.5 Å². The molecule has 1 aromatic rings. The van der Waals surface area contributed by atoms with E-state index in [9.17, 15) is 4.79 Å². The molecule has 0 saturated carbocycles. The third-order valence-electron chi connectivity index (χ3n) is 1.98. The van der Waals surface area contributed by atoms with Gasteiger partial charge in [-0.05, 0) is 24.6 Å². The highest BCUT2D eigenvalue weighted by molar-refractivity contribution is 6.32. The first-order valence-corrected chi connectivity index (χ1v) is 4.67. The van der Waals surface area contributed by atoms with Crippen molar-refractivity contribution in [2.75, 3.05) is 13.2 Å². The fourth-order valence-electron chi connectivity index (χ4n) is 0.926. The zero-order chi connectivity index (χ0) is 11.5. The van der Waals surface area contributed by atoms with Gasteiger partial charge in [0.2, 0.25) is 5.22 Å². The average molecular weight is 234 g/mol. The van der Waals surface area contributed by atoms with Gasteiger partial charge in [-0.25, -0.2) is 0 Å². The predicted molar refractivity (Wildman–Crippen MR) is 53.8 cm³/mol. The summed E-state index contributed by atoms with van der Waals surface area (Å²) < 4.78 is 4.75. The van der Waals surface area contributed by atoms with Gasteiger partial charge in [0.25, 0.3) is 5.91 Å².